The number of hydrogen-bond acceptors (Lipinski definition) is 6. The number of phenolic OH excluding ortho intramolecular Hbond substituents is 1. The number of phenols is 1. The molecule has 0 fully saturated rings. The fraction of sp³-hybridized carbons (Fsp3) is 0.333. The smallest absolute Gasteiger partial charge is 0.243 e. The molecule has 0 aliphatic heterocycles. The molecule has 2 atom stereocenters. The quantitative estimate of drug-likeness (QED) is 0.745. The Morgan fingerprint density at radius 1 is 1.28 bits per heavy atom. The summed E-state index contributed by atoms with van der Waals surface area (Å²) in [5.41, 5.74) is 12.6. The molecule has 2 aromatic rings. The van der Waals surface area contributed by atoms with Crippen molar-refractivity contribution in [2.45, 2.75) is 25.4 Å². The number of aromatic nitrogens is 2. The van der Waals surface area contributed by atoms with E-state index in [0.717, 1.165) is 5.56 Å². The lowest BCUT2D eigenvalue weighted by Crippen LogP contribution is -2.15. The molecule has 0 spiro atoms. The van der Waals surface area contributed by atoms with Crippen LogP contribution in [-0.2, 0) is 6.42 Å². The van der Waals surface area contributed by atoms with Crippen LogP contribution < -0.4 is 11.5 Å². The van der Waals surface area contributed by atoms with Crippen molar-refractivity contribution in [1.29, 1.82) is 0 Å². The Morgan fingerprint density at radius 2 is 1.94 bits per heavy atom. The first-order valence-electron chi connectivity index (χ1n) is 5.69. The third-order valence-corrected chi connectivity index (χ3v) is 2.57. The molecule has 0 aliphatic rings. The molecule has 96 valence electrons. The van der Waals surface area contributed by atoms with E-state index in [1.807, 2.05) is 12.1 Å². The van der Waals surface area contributed by atoms with Gasteiger partial charge in [0.05, 0.1) is 12.1 Å². The first kappa shape index (κ1) is 12.5. The van der Waals surface area contributed by atoms with Gasteiger partial charge in [0, 0.05) is 0 Å². The van der Waals surface area contributed by atoms with E-state index >= 15 is 0 Å². The van der Waals surface area contributed by atoms with Crippen molar-refractivity contribution in [1.82, 2.24) is 10.1 Å². The molecule has 1 aromatic carbocycles. The zero-order valence-electron chi connectivity index (χ0n) is 10.1. The molecule has 1 heterocycles. The summed E-state index contributed by atoms with van der Waals surface area (Å²) < 4.78 is 5.00. The minimum atomic E-state index is -0.356. The second-order valence-corrected chi connectivity index (χ2v) is 4.26. The highest BCUT2D eigenvalue weighted by atomic mass is 16.5. The highest BCUT2D eigenvalue weighted by molar-refractivity contribution is 5.26. The van der Waals surface area contributed by atoms with Crippen LogP contribution in [-0.4, -0.2) is 15.2 Å². The van der Waals surface area contributed by atoms with Crippen molar-refractivity contribution in [3.8, 4) is 5.75 Å². The molecular weight excluding hydrogens is 232 g/mol. The molecule has 6 heteroatoms. The van der Waals surface area contributed by atoms with Gasteiger partial charge in [-0.15, -0.1) is 0 Å². The summed E-state index contributed by atoms with van der Waals surface area (Å²) in [4.78, 5) is 4.15. The van der Waals surface area contributed by atoms with Crippen LogP contribution in [0.15, 0.2) is 28.8 Å². The number of nitrogens with two attached hydrogens (primary N) is 2. The van der Waals surface area contributed by atoms with Crippen LogP contribution in [0, 0.1) is 0 Å². The van der Waals surface area contributed by atoms with E-state index < -0.39 is 0 Å². The SMILES string of the molecule is C[C@H](N)c1nc([C@@H](N)Cc2ccc(O)cc2)no1. The number of benzene rings is 1. The monoisotopic (exact) mass is 248 g/mol. The predicted octanol–water partition coefficient (Wildman–Crippen LogP) is 1.04. The number of nitrogens with zero attached hydrogens (tertiary/aromatic N) is 2. The van der Waals surface area contributed by atoms with E-state index in [4.69, 9.17) is 16.0 Å². The Morgan fingerprint density at radius 3 is 2.50 bits per heavy atom. The van der Waals surface area contributed by atoms with Crippen molar-refractivity contribution < 1.29 is 9.63 Å². The molecule has 18 heavy (non-hydrogen) atoms. The summed E-state index contributed by atoms with van der Waals surface area (Å²) >= 11 is 0. The molecule has 5 N–H and O–H groups in total. The lowest BCUT2D eigenvalue weighted by molar-refractivity contribution is 0.354. The van der Waals surface area contributed by atoms with Gasteiger partial charge in [-0.1, -0.05) is 17.3 Å². The fourth-order valence-electron chi connectivity index (χ4n) is 1.56. The summed E-state index contributed by atoms with van der Waals surface area (Å²) in [5, 5.41) is 13.0. The third kappa shape index (κ3) is 2.85. The van der Waals surface area contributed by atoms with Gasteiger partial charge >= 0.3 is 0 Å². The van der Waals surface area contributed by atoms with Gasteiger partial charge in [0.25, 0.3) is 0 Å². The van der Waals surface area contributed by atoms with Gasteiger partial charge in [-0.3, -0.25) is 0 Å². The normalized spacial score (nSPS) is 14.4. The maximum absolute atomic E-state index is 9.19. The topological polar surface area (TPSA) is 111 Å². The first-order chi connectivity index (χ1) is 8.56. The summed E-state index contributed by atoms with van der Waals surface area (Å²) in [7, 11) is 0. The van der Waals surface area contributed by atoms with Gasteiger partial charge in [-0.25, -0.2) is 0 Å². The average Bonchev–Trinajstić information content (AvgIpc) is 2.81. The molecule has 1 aromatic heterocycles. The number of aromatic hydroxyl groups is 1. The van der Waals surface area contributed by atoms with Gasteiger partial charge in [0.2, 0.25) is 5.89 Å². The lowest BCUT2D eigenvalue weighted by Gasteiger charge is -2.06. The minimum absolute atomic E-state index is 0.228. The Labute approximate surface area is 105 Å². The Bertz CT molecular complexity index is 507. The van der Waals surface area contributed by atoms with Crippen LogP contribution in [0.3, 0.4) is 0 Å². The third-order valence-electron chi connectivity index (χ3n) is 2.57. The number of hydrogen-bond donors (Lipinski definition) is 3. The van der Waals surface area contributed by atoms with Crippen LogP contribution in [0.25, 0.3) is 0 Å². The van der Waals surface area contributed by atoms with Crippen LogP contribution in [0.4, 0.5) is 0 Å². The van der Waals surface area contributed by atoms with Gasteiger partial charge in [0.1, 0.15) is 5.75 Å². The summed E-state index contributed by atoms with van der Waals surface area (Å²) in [6.07, 6.45) is 0.568. The van der Waals surface area contributed by atoms with Gasteiger partial charge in [-0.2, -0.15) is 4.98 Å². The minimum Gasteiger partial charge on any atom is -0.508 e. The van der Waals surface area contributed by atoms with Gasteiger partial charge < -0.3 is 21.1 Å². The summed E-state index contributed by atoms with van der Waals surface area (Å²) in [6, 6.07) is 6.19. The van der Waals surface area contributed by atoms with Crippen LogP contribution in [0.2, 0.25) is 0 Å². The lowest BCUT2D eigenvalue weighted by atomic mass is 10.1. The van der Waals surface area contributed by atoms with Crippen molar-refractivity contribution in [2.75, 3.05) is 0 Å². The molecule has 0 bridgehead atoms. The highest BCUT2D eigenvalue weighted by Crippen LogP contribution is 2.17. The second kappa shape index (κ2) is 5.16. The highest BCUT2D eigenvalue weighted by Gasteiger charge is 2.16. The molecule has 0 saturated heterocycles. The molecule has 0 radical (unpaired) electrons. The maximum atomic E-state index is 9.19. The predicted molar refractivity (Wildman–Crippen MR) is 65.6 cm³/mol. The van der Waals surface area contributed by atoms with Crippen molar-refractivity contribution in [3.63, 3.8) is 0 Å². The van der Waals surface area contributed by atoms with Gasteiger partial charge in [-0.05, 0) is 31.0 Å². The van der Waals surface area contributed by atoms with Crippen molar-refractivity contribution >= 4 is 0 Å². The van der Waals surface area contributed by atoms with Crippen molar-refractivity contribution in [2.24, 2.45) is 11.5 Å². The molecule has 0 aliphatic carbocycles. The molecule has 2 rings (SSSR count). The van der Waals surface area contributed by atoms with E-state index in [-0.39, 0.29) is 17.8 Å². The fourth-order valence-corrected chi connectivity index (χ4v) is 1.56. The van der Waals surface area contributed by atoms with Crippen LogP contribution in [0.1, 0.15) is 36.3 Å². The standard InChI is InChI=1S/C12H16N4O2/c1-7(13)12-15-11(16-18-12)10(14)6-8-2-4-9(17)5-3-8/h2-5,7,10,17H,6,13-14H2,1H3/t7-,10-/m0/s1. The first-order valence-corrected chi connectivity index (χ1v) is 5.69. The molecular formula is C12H16N4O2. The molecule has 0 saturated carbocycles. The Hall–Kier alpha value is -1.92. The molecule has 6 nitrogen and oxygen atoms in total. The van der Waals surface area contributed by atoms with E-state index in [0.29, 0.717) is 18.1 Å². The maximum Gasteiger partial charge on any atom is 0.243 e. The largest absolute Gasteiger partial charge is 0.508 e. The second-order valence-electron chi connectivity index (χ2n) is 4.26. The summed E-state index contributed by atoms with van der Waals surface area (Å²) in [6.45, 7) is 1.77. The molecule has 0 unspecified atom stereocenters. The summed E-state index contributed by atoms with van der Waals surface area (Å²) in [5.74, 6) is 1.05. The molecule has 0 amide bonds. The van der Waals surface area contributed by atoms with Crippen LogP contribution >= 0.6 is 0 Å². The Balaban J connectivity index is 2.06. The van der Waals surface area contributed by atoms with Crippen LogP contribution in [0.5, 0.6) is 5.75 Å². The van der Waals surface area contributed by atoms with E-state index in [2.05, 4.69) is 10.1 Å². The number of rotatable bonds is 4. The Kier molecular flexibility index (Phi) is 3.59. The average molecular weight is 248 g/mol. The van der Waals surface area contributed by atoms with E-state index in [9.17, 15) is 5.11 Å². The van der Waals surface area contributed by atoms with E-state index in [1.54, 1.807) is 19.1 Å². The van der Waals surface area contributed by atoms with E-state index in [1.165, 1.54) is 0 Å². The zero-order chi connectivity index (χ0) is 13.1. The van der Waals surface area contributed by atoms with Gasteiger partial charge in [0.15, 0.2) is 5.82 Å². The zero-order valence-corrected chi connectivity index (χ0v) is 10.1. The van der Waals surface area contributed by atoms with Crippen molar-refractivity contribution in [3.05, 3.63) is 41.5 Å².